The van der Waals surface area contributed by atoms with Gasteiger partial charge in [0.15, 0.2) is 0 Å². The van der Waals surface area contributed by atoms with E-state index in [1.54, 1.807) is 17.8 Å². The van der Waals surface area contributed by atoms with Gasteiger partial charge in [-0.05, 0) is 63.2 Å². The molecule has 1 fully saturated rings. The van der Waals surface area contributed by atoms with Crippen LogP contribution in [0.3, 0.4) is 0 Å². The third-order valence-corrected chi connectivity index (χ3v) is 5.43. The van der Waals surface area contributed by atoms with E-state index in [9.17, 15) is 9.59 Å². The summed E-state index contributed by atoms with van der Waals surface area (Å²) in [5.41, 5.74) is 0.945. The molecule has 8 heteroatoms. The van der Waals surface area contributed by atoms with E-state index in [0.717, 1.165) is 29.7 Å². The first kappa shape index (κ1) is 19.2. The van der Waals surface area contributed by atoms with Crippen LogP contribution in [-0.2, 0) is 26.4 Å². The molecule has 0 unspecified atom stereocenters. The molecular formula is C21H25N5O3. The van der Waals surface area contributed by atoms with Gasteiger partial charge in [0, 0.05) is 35.2 Å². The zero-order chi connectivity index (χ0) is 20.3. The number of amides is 1. The van der Waals surface area contributed by atoms with E-state index in [4.69, 9.17) is 4.74 Å². The van der Waals surface area contributed by atoms with Crippen molar-refractivity contribution in [3.8, 4) is 0 Å². The van der Waals surface area contributed by atoms with Gasteiger partial charge in [-0.3, -0.25) is 14.3 Å². The van der Waals surface area contributed by atoms with Crippen molar-refractivity contribution in [3.63, 3.8) is 0 Å². The van der Waals surface area contributed by atoms with Crippen molar-refractivity contribution in [1.29, 1.82) is 0 Å². The van der Waals surface area contributed by atoms with Crippen molar-refractivity contribution < 1.29 is 14.3 Å². The number of piperidine rings is 1. The molecule has 0 radical (unpaired) electrons. The SMILES string of the molecule is CCOC(=O)Cn1ccc2cc(NC(=O)C3(n4cccn4)CCNCC3)ccc21. The highest BCUT2D eigenvalue weighted by molar-refractivity contribution is 5.98. The fourth-order valence-electron chi connectivity index (χ4n) is 3.93. The second-order valence-electron chi connectivity index (χ2n) is 7.21. The van der Waals surface area contributed by atoms with E-state index in [0.29, 0.717) is 19.4 Å². The molecule has 0 atom stereocenters. The Morgan fingerprint density at radius 1 is 1.24 bits per heavy atom. The van der Waals surface area contributed by atoms with Gasteiger partial charge in [-0.2, -0.15) is 5.10 Å². The van der Waals surface area contributed by atoms with Gasteiger partial charge in [-0.1, -0.05) is 0 Å². The average molecular weight is 395 g/mol. The fourth-order valence-corrected chi connectivity index (χ4v) is 3.93. The smallest absolute Gasteiger partial charge is 0.325 e. The van der Waals surface area contributed by atoms with Crippen LogP contribution in [0.5, 0.6) is 0 Å². The van der Waals surface area contributed by atoms with Gasteiger partial charge in [-0.15, -0.1) is 0 Å². The third-order valence-electron chi connectivity index (χ3n) is 5.43. The molecule has 1 aliphatic heterocycles. The van der Waals surface area contributed by atoms with Gasteiger partial charge in [0.25, 0.3) is 5.91 Å². The van der Waals surface area contributed by atoms with E-state index < -0.39 is 5.54 Å². The van der Waals surface area contributed by atoms with Crippen LogP contribution >= 0.6 is 0 Å². The lowest BCUT2D eigenvalue weighted by atomic mass is 9.87. The van der Waals surface area contributed by atoms with Gasteiger partial charge in [0.2, 0.25) is 0 Å². The molecule has 0 bridgehead atoms. The first-order chi connectivity index (χ1) is 14.1. The Bertz CT molecular complexity index is 1000. The largest absolute Gasteiger partial charge is 0.465 e. The minimum absolute atomic E-state index is 0.0620. The number of anilines is 1. The zero-order valence-corrected chi connectivity index (χ0v) is 16.4. The van der Waals surface area contributed by atoms with Gasteiger partial charge in [0.05, 0.1) is 6.61 Å². The molecule has 1 aromatic carbocycles. The summed E-state index contributed by atoms with van der Waals surface area (Å²) in [4.78, 5) is 25.1. The highest BCUT2D eigenvalue weighted by Crippen LogP contribution is 2.29. The molecule has 2 aromatic heterocycles. The first-order valence-corrected chi connectivity index (χ1v) is 9.89. The summed E-state index contributed by atoms with van der Waals surface area (Å²) in [6, 6.07) is 9.47. The Morgan fingerprint density at radius 2 is 2.07 bits per heavy atom. The number of rotatable bonds is 6. The van der Waals surface area contributed by atoms with E-state index >= 15 is 0 Å². The molecule has 1 aliphatic rings. The molecule has 0 spiro atoms. The minimum atomic E-state index is -0.695. The molecule has 1 amide bonds. The van der Waals surface area contributed by atoms with Crippen LogP contribution < -0.4 is 10.6 Å². The number of ether oxygens (including phenoxy) is 1. The number of fused-ring (bicyclic) bond motifs is 1. The Labute approximate surface area is 168 Å². The van der Waals surface area contributed by atoms with Crippen LogP contribution in [0.25, 0.3) is 10.9 Å². The van der Waals surface area contributed by atoms with E-state index in [1.165, 1.54) is 0 Å². The molecule has 0 aliphatic carbocycles. The number of esters is 1. The lowest BCUT2D eigenvalue weighted by molar-refractivity contribution is -0.143. The van der Waals surface area contributed by atoms with Crippen molar-refractivity contribution in [2.24, 2.45) is 0 Å². The summed E-state index contributed by atoms with van der Waals surface area (Å²) < 4.78 is 8.64. The quantitative estimate of drug-likeness (QED) is 0.624. The Morgan fingerprint density at radius 3 is 2.79 bits per heavy atom. The number of nitrogens with zero attached hydrogens (tertiary/aromatic N) is 3. The van der Waals surface area contributed by atoms with Gasteiger partial charge >= 0.3 is 5.97 Å². The van der Waals surface area contributed by atoms with Crippen LogP contribution in [-0.4, -0.2) is 45.9 Å². The average Bonchev–Trinajstić information content (AvgIpc) is 3.39. The van der Waals surface area contributed by atoms with Crippen molar-refractivity contribution in [2.75, 3.05) is 25.0 Å². The van der Waals surface area contributed by atoms with Gasteiger partial charge < -0.3 is 19.9 Å². The van der Waals surface area contributed by atoms with Crippen LogP contribution in [0, 0.1) is 0 Å². The summed E-state index contributed by atoms with van der Waals surface area (Å²) in [5, 5.41) is 11.7. The van der Waals surface area contributed by atoms with Crippen molar-refractivity contribution in [1.82, 2.24) is 19.7 Å². The number of aromatic nitrogens is 3. The van der Waals surface area contributed by atoms with E-state index in [1.807, 2.05) is 47.3 Å². The Hall–Kier alpha value is -3.13. The number of carbonyl (C=O) groups excluding carboxylic acids is 2. The molecule has 8 nitrogen and oxygen atoms in total. The van der Waals surface area contributed by atoms with Gasteiger partial charge in [0.1, 0.15) is 12.1 Å². The van der Waals surface area contributed by atoms with Crippen molar-refractivity contribution >= 4 is 28.5 Å². The van der Waals surface area contributed by atoms with E-state index in [2.05, 4.69) is 15.7 Å². The number of carbonyl (C=O) groups is 2. The maximum absolute atomic E-state index is 13.3. The molecule has 0 saturated carbocycles. The highest BCUT2D eigenvalue weighted by atomic mass is 16.5. The molecule has 3 heterocycles. The Balaban J connectivity index is 1.55. The lowest BCUT2D eigenvalue weighted by Crippen LogP contribution is -2.52. The predicted octanol–water partition coefficient (Wildman–Crippen LogP) is 2.12. The maximum atomic E-state index is 13.3. The number of hydrogen-bond donors (Lipinski definition) is 2. The van der Waals surface area contributed by atoms with Crippen LogP contribution in [0.4, 0.5) is 5.69 Å². The lowest BCUT2D eigenvalue weighted by Gasteiger charge is -2.36. The molecule has 1 saturated heterocycles. The fraction of sp³-hybridized carbons (Fsp3) is 0.381. The molecular weight excluding hydrogens is 370 g/mol. The first-order valence-electron chi connectivity index (χ1n) is 9.89. The second kappa shape index (κ2) is 8.08. The van der Waals surface area contributed by atoms with Crippen molar-refractivity contribution in [2.45, 2.75) is 31.8 Å². The molecule has 2 N–H and O–H groups in total. The number of benzene rings is 1. The van der Waals surface area contributed by atoms with Crippen LogP contribution in [0.1, 0.15) is 19.8 Å². The standard InChI is InChI=1S/C21H25N5O3/c1-2-29-19(27)15-25-13-6-16-14-17(4-5-18(16)25)24-20(28)21(7-10-22-11-8-21)26-12-3-9-23-26/h3-6,9,12-14,22H,2,7-8,10-11,15H2,1H3,(H,24,28). The predicted molar refractivity (Wildman–Crippen MR) is 110 cm³/mol. The molecule has 4 rings (SSSR count). The normalized spacial score (nSPS) is 15.9. The molecule has 29 heavy (non-hydrogen) atoms. The summed E-state index contributed by atoms with van der Waals surface area (Å²) in [7, 11) is 0. The monoisotopic (exact) mass is 395 g/mol. The van der Waals surface area contributed by atoms with E-state index in [-0.39, 0.29) is 18.4 Å². The Kier molecular flexibility index (Phi) is 5.35. The summed E-state index contributed by atoms with van der Waals surface area (Å²) in [6.45, 7) is 3.85. The second-order valence-corrected chi connectivity index (χ2v) is 7.21. The molecule has 3 aromatic rings. The third kappa shape index (κ3) is 3.75. The summed E-state index contributed by atoms with van der Waals surface area (Å²) in [5.74, 6) is -0.331. The highest BCUT2D eigenvalue weighted by Gasteiger charge is 2.42. The van der Waals surface area contributed by atoms with Gasteiger partial charge in [-0.25, -0.2) is 0 Å². The molecule has 152 valence electrons. The summed E-state index contributed by atoms with van der Waals surface area (Å²) in [6.07, 6.45) is 6.77. The van der Waals surface area contributed by atoms with Crippen molar-refractivity contribution in [3.05, 3.63) is 48.9 Å². The zero-order valence-electron chi connectivity index (χ0n) is 16.4. The minimum Gasteiger partial charge on any atom is -0.465 e. The maximum Gasteiger partial charge on any atom is 0.325 e. The topological polar surface area (TPSA) is 90.2 Å². The number of nitrogens with one attached hydrogen (secondary N) is 2. The number of hydrogen-bond acceptors (Lipinski definition) is 5. The summed E-state index contributed by atoms with van der Waals surface area (Å²) >= 11 is 0. The van der Waals surface area contributed by atoms with Crippen LogP contribution in [0.2, 0.25) is 0 Å². The van der Waals surface area contributed by atoms with Crippen LogP contribution in [0.15, 0.2) is 48.9 Å².